The maximum Gasteiger partial charge on any atom is 0.0841 e. The third kappa shape index (κ3) is 3.71. The highest BCUT2D eigenvalue weighted by Crippen LogP contribution is 2.32. The maximum absolute atomic E-state index is 5.95. The summed E-state index contributed by atoms with van der Waals surface area (Å²) in [5.74, 6) is 0. The van der Waals surface area contributed by atoms with E-state index in [-0.39, 0.29) is 11.6 Å². The first-order valence-corrected chi connectivity index (χ1v) is 6.99. The second-order valence-electron chi connectivity index (χ2n) is 4.81. The molecule has 2 nitrogen and oxygen atoms in total. The van der Waals surface area contributed by atoms with E-state index < -0.39 is 0 Å². The van der Waals surface area contributed by atoms with Crippen molar-refractivity contribution >= 4 is 11.6 Å². The predicted molar refractivity (Wildman–Crippen MR) is 78.2 cm³/mol. The molecule has 0 fully saturated rings. The summed E-state index contributed by atoms with van der Waals surface area (Å²) >= 11 is 5.95. The Balaban J connectivity index is 3.00. The fourth-order valence-electron chi connectivity index (χ4n) is 2.10. The van der Waals surface area contributed by atoms with Crippen LogP contribution in [-0.4, -0.2) is 19.3 Å². The van der Waals surface area contributed by atoms with E-state index in [9.17, 15) is 0 Å². The first-order chi connectivity index (χ1) is 8.57. The Bertz CT molecular complexity index is 346. The first kappa shape index (κ1) is 15.5. The number of nitrogens with one attached hydrogen (secondary N) is 1. The number of methoxy groups -OCH3 is 1. The number of benzene rings is 1. The smallest absolute Gasteiger partial charge is 0.0841 e. The van der Waals surface area contributed by atoms with Crippen LogP contribution >= 0.6 is 11.6 Å². The molecule has 0 bridgehead atoms. The Hall–Kier alpha value is -0.570. The Morgan fingerprint density at radius 2 is 1.89 bits per heavy atom. The molecule has 2 unspecified atom stereocenters. The summed E-state index contributed by atoms with van der Waals surface area (Å²) < 4.78 is 5.74. The van der Waals surface area contributed by atoms with Gasteiger partial charge < -0.3 is 10.1 Å². The van der Waals surface area contributed by atoms with Crippen LogP contribution in [-0.2, 0) is 4.74 Å². The SMILES string of the molecule is CCCNC(c1ccc(Cl)cc1)C(C)(CC)OC. The van der Waals surface area contributed by atoms with Gasteiger partial charge in [0.25, 0.3) is 0 Å². The molecule has 0 radical (unpaired) electrons. The van der Waals surface area contributed by atoms with Crippen molar-refractivity contribution in [3.05, 3.63) is 34.9 Å². The van der Waals surface area contributed by atoms with Crippen LogP contribution in [0.15, 0.2) is 24.3 Å². The lowest BCUT2D eigenvalue weighted by molar-refractivity contribution is -0.0299. The van der Waals surface area contributed by atoms with Gasteiger partial charge in [0.2, 0.25) is 0 Å². The van der Waals surface area contributed by atoms with E-state index >= 15 is 0 Å². The highest BCUT2D eigenvalue weighted by molar-refractivity contribution is 6.30. The van der Waals surface area contributed by atoms with Crippen LogP contribution in [0.2, 0.25) is 5.02 Å². The molecule has 0 spiro atoms. The van der Waals surface area contributed by atoms with Crippen molar-refractivity contribution in [2.45, 2.75) is 45.3 Å². The predicted octanol–water partition coefficient (Wildman–Crippen LogP) is 4.20. The summed E-state index contributed by atoms with van der Waals surface area (Å²) in [7, 11) is 1.78. The van der Waals surface area contributed by atoms with Crippen molar-refractivity contribution in [2.24, 2.45) is 0 Å². The Morgan fingerprint density at radius 3 is 2.33 bits per heavy atom. The molecule has 102 valence electrons. The molecule has 3 heteroatoms. The largest absolute Gasteiger partial charge is 0.377 e. The first-order valence-electron chi connectivity index (χ1n) is 6.61. The van der Waals surface area contributed by atoms with E-state index in [4.69, 9.17) is 16.3 Å². The van der Waals surface area contributed by atoms with Gasteiger partial charge in [-0.3, -0.25) is 0 Å². The zero-order valence-electron chi connectivity index (χ0n) is 11.8. The second-order valence-corrected chi connectivity index (χ2v) is 5.25. The number of hydrogen-bond acceptors (Lipinski definition) is 2. The van der Waals surface area contributed by atoms with Gasteiger partial charge in [0.15, 0.2) is 0 Å². The van der Waals surface area contributed by atoms with Crippen LogP contribution in [0.3, 0.4) is 0 Å². The van der Waals surface area contributed by atoms with Gasteiger partial charge in [0.05, 0.1) is 11.6 Å². The normalized spacial score (nSPS) is 16.3. The lowest BCUT2D eigenvalue weighted by atomic mass is 9.87. The molecular weight excluding hydrogens is 246 g/mol. The minimum Gasteiger partial charge on any atom is -0.377 e. The van der Waals surface area contributed by atoms with Crippen LogP contribution < -0.4 is 5.32 Å². The lowest BCUT2D eigenvalue weighted by Gasteiger charge is -2.37. The standard InChI is InChI=1S/C15H24ClNO/c1-5-11-17-14(15(3,6-2)18-4)12-7-9-13(16)10-8-12/h7-10,14,17H,5-6,11H2,1-4H3. The van der Waals surface area contributed by atoms with Gasteiger partial charge in [-0.05, 0) is 44.0 Å². The van der Waals surface area contributed by atoms with Gasteiger partial charge in [0.1, 0.15) is 0 Å². The van der Waals surface area contributed by atoms with E-state index in [1.165, 1.54) is 5.56 Å². The fourth-order valence-corrected chi connectivity index (χ4v) is 2.22. The van der Waals surface area contributed by atoms with Gasteiger partial charge in [-0.15, -0.1) is 0 Å². The van der Waals surface area contributed by atoms with Crippen molar-refractivity contribution in [3.8, 4) is 0 Å². The molecule has 2 atom stereocenters. The molecule has 1 aromatic carbocycles. The molecule has 0 saturated carbocycles. The van der Waals surface area contributed by atoms with Crippen LogP contribution in [0.5, 0.6) is 0 Å². The third-order valence-corrected chi connectivity index (χ3v) is 3.83. The molecule has 1 aromatic rings. The number of rotatable bonds is 7. The Labute approximate surface area is 116 Å². The van der Waals surface area contributed by atoms with Crippen molar-refractivity contribution in [1.29, 1.82) is 0 Å². The summed E-state index contributed by atoms with van der Waals surface area (Å²) in [6.07, 6.45) is 2.06. The maximum atomic E-state index is 5.95. The summed E-state index contributed by atoms with van der Waals surface area (Å²) in [5, 5.41) is 4.35. The van der Waals surface area contributed by atoms with Gasteiger partial charge in [-0.2, -0.15) is 0 Å². The number of ether oxygens (including phenoxy) is 1. The molecule has 0 aliphatic carbocycles. The van der Waals surface area contributed by atoms with Crippen molar-refractivity contribution < 1.29 is 4.74 Å². The van der Waals surface area contributed by atoms with Crippen LogP contribution in [0.1, 0.15) is 45.2 Å². The van der Waals surface area contributed by atoms with E-state index in [2.05, 4.69) is 38.2 Å². The lowest BCUT2D eigenvalue weighted by Crippen LogP contribution is -2.43. The quantitative estimate of drug-likeness (QED) is 0.801. The van der Waals surface area contributed by atoms with Gasteiger partial charge in [-0.1, -0.05) is 37.6 Å². The van der Waals surface area contributed by atoms with Gasteiger partial charge >= 0.3 is 0 Å². The Morgan fingerprint density at radius 1 is 1.28 bits per heavy atom. The highest BCUT2D eigenvalue weighted by Gasteiger charge is 2.33. The molecule has 0 saturated heterocycles. The highest BCUT2D eigenvalue weighted by atomic mass is 35.5. The minimum absolute atomic E-state index is 0.185. The number of hydrogen-bond donors (Lipinski definition) is 1. The van der Waals surface area contributed by atoms with Gasteiger partial charge in [-0.25, -0.2) is 0 Å². The molecule has 0 amide bonds. The molecule has 0 heterocycles. The molecular formula is C15H24ClNO. The van der Waals surface area contributed by atoms with Crippen molar-refractivity contribution in [3.63, 3.8) is 0 Å². The third-order valence-electron chi connectivity index (χ3n) is 3.58. The summed E-state index contributed by atoms with van der Waals surface area (Å²) in [6.45, 7) is 7.45. The van der Waals surface area contributed by atoms with Crippen molar-refractivity contribution in [1.82, 2.24) is 5.32 Å². The average molecular weight is 270 g/mol. The van der Waals surface area contributed by atoms with Crippen LogP contribution in [0.25, 0.3) is 0 Å². The number of halogens is 1. The van der Waals surface area contributed by atoms with Crippen molar-refractivity contribution in [2.75, 3.05) is 13.7 Å². The molecule has 1 rings (SSSR count). The van der Waals surface area contributed by atoms with E-state index in [1.54, 1.807) is 7.11 Å². The van der Waals surface area contributed by atoms with E-state index in [1.807, 2.05) is 12.1 Å². The molecule has 18 heavy (non-hydrogen) atoms. The van der Waals surface area contributed by atoms with Crippen LogP contribution in [0, 0.1) is 0 Å². The zero-order chi connectivity index (χ0) is 13.6. The monoisotopic (exact) mass is 269 g/mol. The Kier molecular flexibility index (Phi) is 6.13. The minimum atomic E-state index is -0.205. The summed E-state index contributed by atoms with van der Waals surface area (Å²) in [4.78, 5) is 0. The van der Waals surface area contributed by atoms with E-state index in [0.29, 0.717) is 0 Å². The molecule has 0 aliphatic rings. The van der Waals surface area contributed by atoms with E-state index in [0.717, 1.165) is 24.4 Å². The summed E-state index contributed by atoms with van der Waals surface area (Å²) in [6, 6.07) is 8.20. The van der Waals surface area contributed by atoms with Crippen LogP contribution in [0.4, 0.5) is 0 Å². The summed E-state index contributed by atoms with van der Waals surface area (Å²) in [5.41, 5.74) is 1.02. The average Bonchev–Trinajstić information content (AvgIpc) is 2.40. The molecule has 0 aliphatic heterocycles. The zero-order valence-corrected chi connectivity index (χ0v) is 12.6. The topological polar surface area (TPSA) is 21.3 Å². The fraction of sp³-hybridized carbons (Fsp3) is 0.600. The molecule has 1 N–H and O–H groups in total. The second kappa shape index (κ2) is 7.13. The van der Waals surface area contributed by atoms with Gasteiger partial charge in [0, 0.05) is 12.1 Å². The molecule has 0 aromatic heterocycles.